The van der Waals surface area contributed by atoms with Crippen molar-refractivity contribution in [3.05, 3.63) is 55.7 Å². The van der Waals surface area contributed by atoms with Crippen LogP contribution in [0.1, 0.15) is 58.6 Å². The molecule has 2 N–H and O–H groups in total. The minimum absolute atomic E-state index is 0.00832. The first-order chi connectivity index (χ1) is 15.9. The Bertz CT molecular complexity index is 883. The van der Waals surface area contributed by atoms with Crippen molar-refractivity contribution in [3.63, 3.8) is 0 Å². The molecular formula is C25H31Cl3O4S. The number of aliphatic hydroxyl groups is 2. The fraction of sp³-hybridized carbons (Fsp3) is 0.560. The number of hydrogen-bond donors (Lipinski definition) is 2. The van der Waals surface area contributed by atoms with Crippen LogP contribution in [0.5, 0.6) is 0 Å². The Hall–Kier alpha value is -0.820. The molecule has 0 spiro atoms. The average molecular weight is 534 g/mol. The Labute approximate surface area is 214 Å². The van der Waals surface area contributed by atoms with E-state index < -0.39 is 0 Å². The number of thiophene rings is 1. The van der Waals surface area contributed by atoms with E-state index in [-0.39, 0.29) is 42.5 Å². The van der Waals surface area contributed by atoms with Gasteiger partial charge in [0.25, 0.3) is 0 Å². The first-order valence-corrected chi connectivity index (χ1v) is 13.5. The lowest BCUT2D eigenvalue weighted by Gasteiger charge is -2.23. The van der Waals surface area contributed by atoms with Gasteiger partial charge in [-0.15, -0.1) is 22.9 Å². The van der Waals surface area contributed by atoms with Gasteiger partial charge in [-0.25, -0.2) is 4.79 Å². The third-order valence-corrected chi connectivity index (χ3v) is 8.32. The highest BCUT2D eigenvalue weighted by Crippen LogP contribution is 2.42. The zero-order valence-corrected chi connectivity index (χ0v) is 21.6. The molecule has 1 aromatic carbocycles. The fourth-order valence-electron chi connectivity index (χ4n) is 4.67. The van der Waals surface area contributed by atoms with Gasteiger partial charge in [-0.05, 0) is 92.7 Å². The molecule has 1 heterocycles. The van der Waals surface area contributed by atoms with E-state index in [1.807, 2.05) is 18.2 Å². The predicted molar refractivity (Wildman–Crippen MR) is 136 cm³/mol. The lowest BCUT2D eigenvalue weighted by molar-refractivity contribution is 0.0488. The summed E-state index contributed by atoms with van der Waals surface area (Å²) >= 11 is 20.3. The summed E-state index contributed by atoms with van der Waals surface area (Å²) in [4.78, 5) is 13.8. The second-order valence-electron chi connectivity index (χ2n) is 8.69. The monoisotopic (exact) mass is 532 g/mol. The number of hydrogen-bond acceptors (Lipinski definition) is 5. The molecule has 8 heteroatoms. The van der Waals surface area contributed by atoms with Crippen LogP contribution in [0.15, 0.2) is 30.3 Å². The molecule has 182 valence electrons. The number of ether oxygens (including phenoxy) is 1. The Morgan fingerprint density at radius 1 is 1.03 bits per heavy atom. The molecule has 0 saturated heterocycles. The van der Waals surface area contributed by atoms with Gasteiger partial charge in [0.2, 0.25) is 0 Å². The standard InChI is InChI=1S/C25H31Cl3O4S/c26-17-12-16(13-18(27)14-17)4-1-7-21-20(22(28)15-23(21)30)6-2-5-19-8-9-24(33-19)25(31)32-11-3-10-29/h8-9,12-14,20-23,29-30H,1-7,10-11,15H2/t20-,21-,22-,23-/m1/s1. The molecule has 1 saturated carbocycles. The number of alkyl halides is 1. The predicted octanol–water partition coefficient (Wildman–Crippen LogP) is 6.54. The van der Waals surface area contributed by atoms with Crippen LogP contribution in [0.2, 0.25) is 10.0 Å². The number of carbonyl (C=O) groups excluding carboxylic acids is 1. The van der Waals surface area contributed by atoms with Crippen LogP contribution in [0.4, 0.5) is 0 Å². The van der Waals surface area contributed by atoms with Crippen molar-refractivity contribution in [2.24, 2.45) is 11.8 Å². The molecule has 1 aliphatic carbocycles. The molecule has 0 amide bonds. The molecule has 0 radical (unpaired) electrons. The van der Waals surface area contributed by atoms with Gasteiger partial charge in [0.15, 0.2) is 0 Å². The van der Waals surface area contributed by atoms with Gasteiger partial charge in [0, 0.05) is 33.3 Å². The number of rotatable bonds is 12. The van der Waals surface area contributed by atoms with Gasteiger partial charge in [0.1, 0.15) is 4.88 Å². The third kappa shape index (κ3) is 8.12. The number of benzene rings is 1. The number of esters is 1. The highest BCUT2D eigenvalue weighted by Gasteiger charge is 2.40. The summed E-state index contributed by atoms with van der Waals surface area (Å²) in [5, 5.41) is 20.7. The SMILES string of the molecule is O=C(OCCCO)c1ccc(CCC[C@@H]2[C@@H](CCCc3cc(Cl)cc(Cl)c3)[C@H](O)C[C@H]2Cl)s1. The Balaban J connectivity index is 1.46. The van der Waals surface area contributed by atoms with E-state index in [0.29, 0.717) is 27.8 Å². The van der Waals surface area contributed by atoms with E-state index in [2.05, 4.69) is 0 Å². The number of carbonyl (C=O) groups is 1. The van der Waals surface area contributed by atoms with Crippen molar-refractivity contribution >= 4 is 52.1 Å². The smallest absolute Gasteiger partial charge is 0.348 e. The quantitative estimate of drug-likeness (QED) is 0.185. The molecule has 1 fully saturated rings. The van der Waals surface area contributed by atoms with Gasteiger partial charge in [-0.2, -0.15) is 0 Å². The molecule has 4 nitrogen and oxygen atoms in total. The van der Waals surface area contributed by atoms with E-state index in [0.717, 1.165) is 49.0 Å². The Morgan fingerprint density at radius 3 is 2.45 bits per heavy atom. The lowest BCUT2D eigenvalue weighted by Crippen LogP contribution is -2.21. The van der Waals surface area contributed by atoms with Crippen molar-refractivity contribution in [1.29, 1.82) is 0 Å². The van der Waals surface area contributed by atoms with Crippen LogP contribution < -0.4 is 0 Å². The van der Waals surface area contributed by atoms with E-state index in [4.69, 9.17) is 44.6 Å². The van der Waals surface area contributed by atoms with Crippen molar-refractivity contribution in [3.8, 4) is 0 Å². The molecule has 0 aliphatic heterocycles. The van der Waals surface area contributed by atoms with Gasteiger partial charge in [0.05, 0.1) is 12.7 Å². The highest BCUT2D eigenvalue weighted by atomic mass is 35.5. The van der Waals surface area contributed by atoms with Gasteiger partial charge in [-0.1, -0.05) is 23.2 Å². The molecule has 1 aliphatic rings. The van der Waals surface area contributed by atoms with Crippen molar-refractivity contribution in [2.45, 2.75) is 62.8 Å². The summed E-state index contributed by atoms with van der Waals surface area (Å²) in [7, 11) is 0. The summed E-state index contributed by atoms with van der Waals surface area (Å²) in [6, 6.07) is 9.40. The van der Waals surface area contributed by atoms with Crippen LogP contribution in [0, 0.1) is 11.8 Å². The molecule has 2 aromatic rings. The normalized spacial score (nSPS) is 22.6. The molecule has 33 heavy (non-hydrogen) atoms. The first kappa shape index (κ1) is 26.8. The Kier molecular flexibility index (Phi) is 10.8. The maximum atomic E-state index is 12.0. The lowest BCUT2D eigenvalue weighted by atomic mass is 9.85. The zero-order chi connectivity index (χ0) is 23.8. The van der Waals surface area contributed by atoms with Crippen molar-refractivity contribution in [1.82, 2.24) is 0 Å². The highest BCUT2D eigenvalue weighted by molar-refractivity contribution is 7.13. The largest absolute Gasteiger partial charge is 0.461 e. The van der Waals surface area contributed by atoms with Crippen LogP contribution in [0.25, 0.3) is 0 Å². The number of aliphatic hydroxyl groups excluding tert-OH is 2. The van der Waals surface area contributed by atoms with Crippen molar-refractivity contribution in [2.75, 3.05) is 13.2 Å². The van der Waals surface area contributed by atoms with Crippen molar-refractivity contribution < 1.29 is 19.7 Å². The third-order valence-electron chi connectivity index (χ3n) is 6.26. The second kappa shape index (κ2) is 13.3. The van der Waals surface area contributed by atoms with Crippen LogP contribution >= 0.6 is 46.1 Å². The maximum absolute atomic E-state index is 12.0. The van der Waals surface area contributed by atoms with Crippen LogP contribution in [-0.2, 0) is 17.6 Å². The first-order valence-electron chi connectivity index (χ1n) is 11.5. The fourth-order valence-corrected chi connectivity index (χ4v) is 6.68. The summed E-state index contributed by atoms with van der Waals surface area (Å²) in [6.07, 6.45) is 6.25. The molecule has 1 aromatic heterocycles. The second-order valence-corrected chi connectivity index (χ2v) is 11.3. The zero-order valence-electron chi connectivity index (χ0n) is 18.5. The average Bonchev–Trinajstić information content (AvgIpc) is 3.33. The summed E-state index contributed by atoms with van der Waals surface area (Å²) in [5.41, 5.74) is 1.11. The van der Waals surface area contributed by atoms with E-state index in [1.165, 1.54) is 11.3 Å². The van der Waals surface area contributed by atoms with Gasteiger partial charge >= 0.3 is 5.97 Å². The molecular weight excluding hydrogens is 503 g/mol. The van der Waals surface area contributed by atoms with E-state index in [9.17, 15) is 9.90 Å². The minimum atomic E-state index is -0.359. The van der Waals surface area contributed by atoms with Gasteiger partial charge in [-0.3, -0.25) is 0 Å². The maximum Gasteiger partial charge on any atom is 0.348 e. The topological polar surface area (TPSA) is 66.8 Å². The summed E-state index contributed by atoms with van der Waals surface area (Å²) in [6.45, 7) is 0.242. The molecule has 3 rings (SSSR count). The van der Waals surface area contributed by atoms with Gasteiger partial charge < -0.3 is 14.9 Å². The molecule has 0 bridgehead atoms. The molecule has 4 atom stereocenters. The minimum Gasteiger partial charge on any atom is -0.461 e. The van der Waals surface area contributed by atoms with E-state index in [1.54, 1.807) is 12.1 Å². The van der Waals surface area contributed by atoms with E-state index >= 15 is 0 Å². The molecule has 0 unspecified atom stereocenters. The summed E-state index contributed by atoms with van der Waals surface area (Å²) in [5.74, 6) is 0.149. The summed E-state index contributed by atoms with van der Waals surface area (Å²) < 4.78 is 5.14. The number of aryl methyl sites for hydroxylation is 2. The van der Waals surface area contributed by atoms with Crippen LogP contribution in [0.3, 0.4) is 0 Å². The van der Waals surface area contributed by atoms with Crippen LogP contribution in [-0.4, -0.2) is 40.9 Å². The Morgan fingerprint density at radius 2 is 1.73 bits per heavy atom. The number of halogens is 3.